The van der Waals surface area contributed by atoms with E-state index in [0.717, 1.165) is 0 Å². The van der Waals surface area contributed by atoms with E-state index in [1.54, 1.807) is 13.8 Å². The zero-order valence-corrected chi connectivity index (χ0v) is 11.1. The van der Waals surface area contributed by atoms with Gasteiger partial charge in [0.1, 0.15) is 0 Å². The van der Waals surface area contributed by atoms with Crippen LogP contribution in [0, 0.1) is 10.1 Å². The lowest BCUT2D eigenvalue weighted by atomic mass is 10.1. The molecule has 0 fully saturated rings. The summed E-state index contributed by atoms with van der Waals surface area (Å²) in [4.78, 5) is 22.0. The molecule has 1 unspecified atom stereocenters. The zero-order chi connectivity index (χ0) is 13.9. The van der Waals surface area contributed by atoms with E-state index in [4.69, 9.17) is 16.3 Å². The van der Waals surface area contributed by atoms with Crippen molar-refractivity contribution in [2.45, 2.75) is 32.3 Å². The second-order valence-electron chi connectivity index (χ2n) is 4.09. The van der Waals surface area contributed by atoms with Gasteiger partial charge < -0.3 is 4.74 Å². The molecule has 0 spiro atoms. The molecule has 0 aromatic heterocycles. The molecule has 1 aromatic rings. The average molecular weight is 272 g/mol. The highest BCUT2D eigenvalue weighted by Crippen LogP contribution is 2.29. The summed E-state index contributed by atoms with van der Waals surface area (Å²) in [5, 5.41) is 10.2. The second kappa shape index (κ2) is 5.82. The molecular formula is C12H14ClNO4. The van der Waals surface area contributed by atoms with Crippen LogP contribution >= 0.6 is 11.6 Å². The molecular weight excluding hydrogens is 258 g/mol. The minimum Gasteiger partial charge on any atom is -0.484 e. The molecule has 0 aliphatic carbocycles. The minimum absolute atomic E-state index is 0.147. The van der Waals surface area contributed by atoms with Crippen molar-refractivity contribution in [1.82, 2.24) is 0 Å². The number of hydrogen-bond donors (Lipinski definition) is 0. The molecule has 0 aliphatic heterocycles. The smallest absolute Gasteiger partial charge is 0.311 e. The fourth-order valence-electron chi connectivity index (χ4n) is 1.40. The van der Waals surface area contributed by atoms with E-state index < -0.39 is 10.3 Å². The van der Waals surface area contributed by atoms with Crippen LogP contribution in [0.4, 0.5) is 5.69 Å². The summed E-state index contributed by atoms with van der Waals surface area (Å²) in [5.74, 6) is -0.204. The molecule has 0 saturated heterocycles. The molecule has 0 heterocycles. The molecule has 1 atom stereocenters. The fourth-order valence-corrected chi connectivity index (χ4v) is 1.52. The van der Waals surface area contributed by atoms with Crippen molar-refractivity contribution < 1.29 is 14.5 Å². The third kappa shape index (κ3) is 3.43. The Labute approximate surface area is 110 Å². The standard InChI is InChI=1S/C12H14ClNO4/c1-7(2)18-11-5-4-9(12(15)8(3)13)6-10(11)14(16)17/h4-8H,1-3H3. The topological polar surface area (TPSA) is 69.4 Å². The van der Waals surface area contributed by atoms with Gasteiger partial charge in [0.2, 0.25) is 0 Å². The molecule has 6 heteroatoms. The Morgan fingerprint density at radius 1 is 1.39 bits per heavy atom. The molecule has 98 valence electrons. The molecule has 0 amide bonds. The van der Waals surface area contributed by atoms with E-state index in [0.29, 0.717) is 0 Å². The molecule has 0 bridgehead atoms. The highest BCUT2D eigenvalue weighted by molar-refractivity contribution is 6.33. The van der Waals surface area contributed by atoms with Gasteiger partial charge in [0, 0.05) is 11.6 Å². The van der Waals surface area contributed by atoms with E-state index in [-0.39, 0.29) is 28.9 Å². The van der Waals surface area contributed by atoms with Gasteiger partial charge in [0.15, 0.2) is 11.5 Å². The van der Waals surface area contributed by atoms with Gasteiger partial charge in [-0.3, -0.25) is 14.9 Å². The van der Waals surface area contributed by atoms with Crippen molar-refractivity contribution in [3.63, 3.8) is 0 Å². The molecule has 1 rings (SSSR count). The van der Waals surface area contributed by atoms with Gasteiger partial charge in [-0.1, -0.05) is 0 Å². The van der Waals surface area contributed by atoms with E-state index in [1.807, 2.05) is 0 Å². The number of nitrogens with zero attached hydrogens (tertiary/aromatic N) is 1. The minimum atomic E-state index is -0.721. The predicted molar refractivity (Wildman–Crippen MR) is 68.5 cm³/mol. The second-order valence-corrected chi connectivity index (χ2v) is 4.74. The van der Waals surface area contributed by atoms with Crippen molar-refractivity contribution in [3.05, 3.63) is 33.9 Å². The maximum Gasteiger partial charge on any atom is 0.311 e. The molecule has 1 aromatic carbocycles. The van der Waals surface area contributed by atoms with Crippen LogP contribution in [0.3, 0.4) is 0 Å². The highest BCUT2D eigenvalue weighted by atomic mass is 35.5. The number of halogens is 1. The lowest BCUT2D eigenvalue weighted by Gasteiger charge is -2.11. The SMILES string of the molecule is CC(C)Oc1ccc(C(=O)C(C)Cl)cc1[N+](=O)[O-]. The normalized spacial score (nSPS) is 12.3. The number of nitro benzene ring substituents is 1. The summed E-state index contributed by atoms with van der Waals surface area (Å²) in [5.41, 5.74) is -0.0211. The summed E-state index contributed by atoms with van der Waals surface area (Å²) >= 11 is 5.67. The number of carbonyl (C=O) groups is 1. The quantitative estimate of drug-likeness (QED) is 0.357. The number of ketones is 1. The first kappa shape index (κ1) is 14.4. The average Bonchev–Trinajstić information content (AvgIpc) is 2.27. The Bertz CT molecular complexity index is 471. The van der Waals surface area contributed by atoms with Crippen molar-refractivity contribution in [1.29, 1.82) is 0 Å². The number of hydrogen-bond acceptors (Lipinski definition) is 4. The predicted octanol–water partition coefficient (Wildman–Crippen LogP) is 3.19. The third-order valence-electron chi connectivity index (χ3n) is 2.16. The molecule has 0 aliphatic rings. The van der Waals surface area contributed by atoms with E-state index in [1.165, 1.54) is 25.1 Å². The Morgan fingerprint density at radius 3 is 2.44 bits per heavy atom. The number of ether oxygens (including phenoxy) is 1. The van der Waals surface area contributed by atoms with Crippen molar-refractivity contribution in [2.24, 2.45) is 0 Å². The van der Waals surface area contributed by atoms with Crippen LogP contribution in [0.25, 0.3) is 0 Å². The number of benzene rings is 1. The molecule has 5 nitrogen and oxygen atoms in total. The summed E-state index contributed by atoms with van der Waals surface area (Å²) in [7, 11) is 0. The van der Waals surface area contributed by atoms with Crippen LogP contribution in [-0.4, -0.2) is 22.2 Å². The van der Waals surface area contributed by atoms with E-state index in [2.05, 4.69) is 0 Å². The van der Waals surface area contributed by atoms with Gasteiger partial charge in [-0.2, -0.15) is 0 Å². The molecule has 18 heavy (non-hydrogen) atoms. The van der Waals surface area contributed by atoms with Crippen molar-refractivity contribution in [2.75, 3.05) is 0 Å². The van der Waals surface area contributed by atoms with E-state index in [9.17, 15) is 14.9 Å². The summed E-state index contributed by atoms with van der Waals surface area (Å²) in [6.07, 6.45) is -0.183. The highest BCUT2D eigenvalue weighted by Gasteiger charge is 2.21. The number of alkyl halides is 1. The van der Waals surface area contributed by atoms with Crippen LogP contribution in [-0.2, 0) is 0 Å². The van der Waals surface area contributed by atoms with Gasteiger partial charge >= 0.3 is 5.69 Å². The first-order chi connectivity index (χ1) is 8.32. The lowest BCUT2D eigenvalue weighted by Crippen LogP contribution is -2.12. The maximum atomic E-state index is 11.7. The van der Waals surface area contributed by atoms with Crippen LogP contribution < -0.4 is 4.74 Å². The van der Waals surface area contributed by atoms with Crippen molar-refractivity contribution in [3.8, 4) is 5.75 Å². The maximum absolute atomic E-state index is 11.7. The molecule has 0 N–H and O–H groups in total. The van der Waals surface area contributed by atoms with E-state index >= 15 is 0 Å². The lowest BCUT2D eigenvalue weighted by molar-refractivity contribution is -0.386. The Kier molecular flexibility index (Phi) is 4.67. The van der Waals surface area contributed by atoms with Crippen LogP contribution in [0.2, 0.25) is 0 Å². The fraction of sp³-hybridized carbons (Fsp3) is 0.417. The number of nitro groups is 1. The van der Waals surface area contributed by atoms with Crippen molar-refractivity contribution >= 4 is 23.1 Å². The van der Waals surface area contributed by atoms with Gasteiger partial charge in [-0.25, -0.2) is 0 Å². The Balaban J connectivity index is 3.19. The largest absolute Gasteiger partial charge is 0.484 e. The number of rotatable bonds is 5. The molecule has 0 radical (unpaired) electrons. The molecule has 0 saturated carbocycles. The first-order valence-corrected chi connectivity index (χ1v) is 5.90. The first-order valence-electron chi connectivity index (χ1n) is 5.46. The zero-order valence-electron chi connectivity index (χ0n) is 10.3. The van der Waals surface area contributed by atoms with Gasteiger partial charge in [-0.15, -0.1) is 11.6 Å². The number of Topliss-reactive ketones (excluding diaryl/α,β-unsaturated/α-hetero) is 1. The van der Waals surface area contributed by atoms with Crippen LogP contribution in [0.5, 0.6) is 5.75 Å². The van der Waals surface area contributed by atoms with Gasteiger partial charge in [0.05, 0.1) is 16.4 Å². The van der Waals surface area contributed by atoms with Gasteiger partial charge in [0.25, 0.3) is 0 Å². The van der Waals surface area contributed by atoms with Crippen LogP contribution in [0.1, 0.15) is 31.1 Å². The van der Waals surface area contributed by atoms with Crippen LogP contribution in [0.15, 0.2) is 18.2 Å². The summed E-state index contributed by atoms with van der Waals surface area (Å²) in [6, 6.07) is 4.09. The summed E-state index contributed by atoms with van der Waals surface area (Å²) in [6.45, 7) is 5.06. The third-order valence-corrected chi connectivity index (χ3v) is 2.36. The Hall–Kier alpha value is -1.62. The Morgan fingerprint density at radius 2 is 2.00 bits per heavy atom. The summed E-state index contributed by atoms with van der Waals surface area (Å²) < 4.78 is 5.32. The van der Waals surface area contributed by atoms with Gasteiger partial charge in [-0.05, 0) is 32.9 Å². The number of carbonyl (C=O) groups excluding carboxylic acids is 1. The monoisotopic (exact) mass is 271 g/mol.